The summed E-state index contributed by atoms with van der Waals surface area (Å²) >= 11 is 0. The molecule has 2 nitrogen and oxygen atoms in total. The second-order valence-corrected chi connectivity index (χ2v) is 4.49. The fraction of sp³-hybridized carbons (Fsp3) is 0.538. The molecule has 1 aromatic carbocycles. The van der Waals surface area contributed by atoms with Gasteiger partial charge in [-0.25, -0.2) is 4.39 Å². The molecule has 0 amide bonds. The number of benzene rings is 1. The van der Waals surface area contributed by atoms with E-state index in [2.05, 4.69) is 12.2 Å². The number of nitrogens with one attached hydrogen (secondary N) is 1. The minimum atomic E-state index is -0.594. The number of hydrogen-bond donors (Lipinski definition) is 2. The zero-order valence-corrected chi connectivity index (χ0v) is 9.49. The topological polar surface area (TPSA) is 32.3 Å². The highest BCUT2D eigenvalue weighted by molar-refractivity contribution is 5.21. The van der Waals surface area contributed by atoms with Crippen LogP contribution >= 0.6 is 0 Å². The van der Waals surface area contributed by atoms with Gasteiger partial charge in [-0.1, -0.05) is 25.5 Å². The second kappa shape index (κ2) is 4.93. The quantitative estimate of drug-likeness (QED) is 0.821. The number of halogens is 1. The first kappa shape index (κ1) is 11.6. The minimum absolute atomic E-state index is 0.0818. The molecule has 1 aliphatic heterocycles. The van der Waals surface area contributed by atoms with Gasteiger partial charge in [0.05, 0.1) is 6.10 Å². The summed E-state index contributed by atoms with van der Waals surface area (Å²) in [6, 6.07) is 6.80. The first-order valence-electron chi connectivity index (χ1n) is 5.90. The molecule has 1 fully saturated rings. The fourth-order valence-electron chi connectivity index (χ4n) is 2.28. The summed E-state index contributed by atoms with van der Waals surface area (Å²) in [5.74, 6) is -0.291. The maximum atomic E-state index is 13.0. The molecule has 1 aliphatic rings. The van der Waals surface area contributed by atoms with Crippen LogP contribution in [0.4, 0.5) is 4.39 Å². The number of aliphatic hydroxyl groups is 1. The van der Waals surface area contributed by atoms with Gasteiger partial charge >= 0.3 is 0 Å². The minimum Gasteiger partial charge on any atom is -0.387 e. The van der Waals surface area contributed by atoms with Gasteiger partial charge in [0.1, 0.15) is 5.82 Å². The predicted octanol–water partition coefficient (Wildman–Crippen LogP) is 2.39. The molecule has 0 aromatic heterocycles. The van der Waals surface area contributed by atoms with E-state index in [9.17, 15) is 9.50 Å². The third kappa shape index (κ3) is 2.42. The smallest absolute Gasteiger partial charge is 0.123 e. The van der Waals surface area contributed by atoms with Crippen LogP contribution in [-0.2, 0) is 0 Å². The molecule has 0 saturated carbocycles. The van der Waals surface area contributed by atoms with Crippen molar-refractivity contribution >= 4 is 0 Å². The number of hydrogen-bond acceptors (Lipinski definition) is 2. The van der Waals surface area contributed by atoms with Gasteiger partial charge in [0.15, 0.2) is 0 Å². The molecule has 1 aromatic rings. The van der Waals surface area contributed by atoms with Crippen molar-refractivity contribution in [1.29, 1.82) is 0 Å². The fourth-order valence-corrected chi connectivity index (χ4v) is 2.28. The van der Waals surface area contributed by atoms with Gasteiger partial charge in [-0.3, -0.25) is 0 Å². The molecule has 0 radical (unpaired) electrons. The summed E-state index contributed by atoms with van der Waals surface area (Å²) in [6.07, 6.45) is 2.68. The lowest BCUT2D eigenvalue weighted by atomic mass is 9.87. The lowest BCUT2D eigenvalue weighted by Gasteiger charge is -2.40. The van der Waals surface area contributed by atoms with Crippen LogP contribution in [0.15, 0.2) is 24.3 Å². The van der Waals surface area contributed by atoms with Gasteiger partial charge in [-0.2, -0.15) is 0 Å². The van der Waals surface area contributed by atoms with E-state index < -0.39 is 6.10 Å². The highest BCUT2D eigenvalue weighted by Crippen LogP contribution is 2.28. The Morgan fingerprint density at radius 1 is 1.56 bits per heavy atom. The summed E-state index contributed by atoms with van der Waals surface area (Å²) in [4.78, 5) is 0. The first-order chi connectivity index (χ1) is 7.70. The summed E-state index contributed by atoms with van der Waals surface area (Å²) in [6.45, 7) is 2.15. The van der Waals surface area contributed by atoms with Crippen molar-refractivity contribution in [2.75, 3.05) is 0 Å². The molecule has 3 heteroatoms. The summed E-state index contributed by atoms with van der Waals surface area (Å²) in [7, 11) is 0. The van der Waals surface area contributed by atoms with E-state index in [0.29, 0.717) is 11.6 Å². The second-order valence-electron chi connectivity index (χ2n) is 4.49. The van der Waals surface area contributed by atoms with E-state index >= 15 is 0 Å². The zero-order valence-electron chi connectivity index (χ0n) is 9.49. The maximum Gasteiger partial charge on any atom is 0.123 e. The van der Waals surface area contributed by atoms with E-state index in [4.69, 9.17) is 0 Å². The van der Waals surface area contributed by atoms with Crippen molar-refractivity contribution in [2.24, 2.45) is 0 Å². The number of rotatable bonds is 4. The van der Waals surface area contributed by atoms with Crippen molar-refractivity contribution < 1.29 is 9.50 Å². The molecule has 2 N–H and O–H groups in total. The van der Waals surface area contributed by atoms with Crippen LogP contribution < -0.4 is 5.32 Å². The van der Waals surface area contributed by atoms with Gasteiger partial charge in [0.2, 0.25) is 0 Å². The third-order valence-electron chi connectivity index (χ3n) is 3.20. The van der Waals surface area contributed by atoms with E-state index in [-0.39, 0.29) is 11.9 Å². The van der Waals surface area contributed by atoms with Crippen LogP contribution in [0.2, 0.25) is 0 Å². The molecule has 88 valence electrons. The maximum absolute atomic E-state index is 13.0. The molecule has 3 atom stereocenters. The monoisotopic (exact) mass is 223 g/mol. The molecule has 0 bridgehead atoms. The Labute approximate surface area is 95.5 Å². The first-order valence-corrected chi connectivity index (χ1v) is 5.90. The molecule has 2 rings (SSSR count). The average Bonchev–Trinajstić information content (AvgIpc) is 2.22. The van der Waals surface area contributed by atoms with Crippen molar-refractivity contribution in [3.63, 3.8) is 0 Å². The molecule has 1 saturated heterocycles. The highest BCUT2D eigenvalue weighted by Gasteiger charge is 2.33. The Morgan fingerprint density at radius 2 is 2.31 bits per heavy atom. The van der Waals surface area contributed by atoms with Crippen molar-refractivity contribution in [3.05, 3.63) is 35.6 Å². The summed E-state index contributed by atoms with van der Waals surface area (Å²) in [5.41, 5.74) is 0.660. The van der Waals surface area contributed by atoms with Gasteiger partial charge in [-0.15, -0.1) is 0 Å². The van der Waals surface area contributed by atoms with Crippen molar-refractivity contribution in [2.45, 2.75) is 44.4 Å². The van der Waals surface area contributed by atoms with E-state index in [1.165, 1.54) is 12.1 Å². The predicted molar refractivity (Wildman–Crippen MR) is 61.6 cm³/mol. The Morgan fingerprint density at radius 3 is 2.94 bits per heavy atom. The van der Waals surface area contributed by atoms with E-state index in [1.807, 2.05) is 0 Å². The summed E-state index contributed by atoms with van der Waals surface area (Å²) in [5, 5.41) is 13.3. The molecular formula is C13H18FNO. The van der Waals surface area contributed by atoms with Crippen LogP contribution in [0, 0.1) is 5.82 Å². The van der Waals surface area contributed by atoms with Crippen LogP contribution in [0.5, 0.6) is 0 Å². The van der Waals surface area contributed by atoms with Gasteiger partial charge in [0, 0.05) is 12.1 Å². The van der Waals surface area contributed by atoms with E-state index in [1.54, 1.807) is 12.1 Å². The molecule has 0 aliphatic carbocycles. The molecule has 0 unspecified atom stereocenters. The molecule has 0 spiro atoms. The highest BCUT2D eigenvalue weighted by atomic mass is 19.1. The third-order valence-corrected chi connectivity index (χ3v) is 3.20. The van der Waals surface area contributed by atoms with Crippen molar-refractivity contribution in [1.82, 2.24) is 5.32 Å². The van der Waals surface area contributed by atoms with Crippen LogP contribution in [-0.4, -0.2) is 17.2 Å². The lowest BCUT2D eigenvalue weighted by Crippen LogP contribution is -2.55. The Balaban J connectivity index is 1.92. The zero-order chi connectivity index (χ0) is 11.5. The SMILES string of the molecule is CCC[C@@H]1C[C@@H]([C@@H](O)c2cccc(F)c2)N1. The van der Waals surface area contributed by atoms with Gasteiger partial charge < -0.3 is 10.4 Å². The Hall–Kier alpha value is -0.930. The Bertz CT molecular complexity index is 350. The molecule has 1 heterocycles. The largest absolute Gasteiger partial charge is 0.387 e. The average molecular weight is 223 g/mol. The van der Waals surface area contributed by atoms with Gasteiger partial charge in [-0.05, 0) is 30.5 Å². The summed E-state index contributed by atoms with van der Waals surface area (Å²) < 4.78 is 13.0. The Kier molecular flexibility index (Phi) is 3.56. The molecule has 16 heavy (non-hydrogen) atoms. The van der Waals surface area contributed by atoms with Crippen LogP contribution in [0.1, 0.15) is 37.9 Å². The standard InChI is InChI=1S/C13H18FNO/c1-2-4-11-8-12(15-11)13(16)9-5-3-6-10(14)7-9/h3,5-7,11-13,15-16H,2,4,8H2,1H3/t11-,12+,13+/m1/s1. The number of aliphatic hydroxyl groups excluding tert-OH is 1. The molecular weight excluding hydrogens is 205 g/mol. The normalized spacial score (nSPS) is 26.2. The van der Waals surface area contributed by atoms with Crippen LogP contribution in [0.25, 0.3) is 0 Å². The van der Waals surface area contributed by atoms with Crippen LogP contribution in [0.3, 0.4) is 0 Å². The lowest BCUT2D eigenvalue weighted by molar-refractivity contribution is 0.0673. The van der Waals surface area contributed by atoms with E-state index in [0.717, 1.165) is 19.3 Å². The van der Waals surface area contributed by atoms with Crippen molar-refractivity contribution in [3.8, 4) is 0 Å². The van der Waals surface area contributed by atoms with Gasteiger partial charge in [0.25, 0.3) is 0 Å².